The van der Waals surface area contributed by atoms with Crippen molar-refractivity contribution in [3.05, 3.63) is 58.7 Å². The molecule has 0 saturated heterocycles. The fraction of sp³-hybridized carbons (Fsp3) is 0.0667. The van der Waals surface area contributed by atoms with E-state index >= 15 is 0 Å². The van der Waals surface area contributed by atoms with Gasteiger partial charge in [-0.1, -0.05) is 6.07 Å². The topological polar surface area (TPSA) is 47.6 Å². The highest BCUT2D eigenvalue weighted by atomic mass is 19.4. The van der Waals surface area contributed by atoms with Gasteiger partial charge in [0.2, 0.25) is 0 Å². The molecule has 0 amide bonds. The molecule has 2 rings (SSSR count). The Morgan fingerprint density at radius 2 is 1.32 bits per heavy atom. The monoisotopic (exact) mass is 308 g/mol. The van der Waals surface area contributed by atoms with E-state index in [2.05, 4.69) is 0 Å². The number of benzene rings is 2. The van der Waals surface area contributed by atoms with Crippen LogP contribution in [0.15, 0.2) is 30.3 Å². The third-order valence-corrected chi connectivity index (χ3v) is 2.94. The molecular weight excluding hydrogens is 303 g/mol. The second-order valence-corrected chi connectivity index (χ2v) is 4.29. The third-order valence-electron chi connectivity index (χ3n) is 2.94. The fourth-order valence-corrected chi connectivity index (χ4v) is 1.91. The number of hydrogen-bond donors (Lipinski definition) is 0. The Kier molecular flexibility index (Phi) is 3.83. The van der Waals surface area contributed by atoms with Crippen LogP contribution in [-0.4, -0.2) is 0 Å². The van der Waals surface area contributed by atoms with Gasteiger partial charge in [0.25, 0.3) is 0 Å². The average Bonchev–Trinajstić information content (AvgIpc) is 2.48. The van der Waals surface area contributed by atoms with Gasteiger partial charge >= 0.3 is 6.18 Å². The zero-order valence-corrected chi connectivity index (χ0v) is 10.7. The highest BCUT2D eigenvalue weighted by Crippen LogP contribution is 2.34. The van der Waals surface area contributed by atoms with Gasteiger partial charge in [0.05, 0.1) is 28.8 Å². The largest absolute Gasteiger partial charge is 0.416 e. The molecule has 0 atom stereocenters. The molecule has 2 aromatic carbocycles. The van der Waals surface area contributed by atoms with Gasteiger partial charge < -0.3 is 0 Å². The Morgan fingerprint density at radius 3 is 1.86 bits per heavy atom. The molecule has 0 aliphatic carbocycles. The van der Waals surface area contributed by atoms with Crippen LogP contribution in [0, 0.1) is 34.3 Å². The lowest BCUT2D eigenvalue weighted by atomic mass is 9.94. The van der Waals surface area contributed by atoms with Crippen molar-refractivity contribution in [3.63, 3.8) is 0 Å². The highest BCUT2D eigenvalue weighted by molar-refractivity contribution is 5.76. The lowest BCUT2D eigenvalue weighted by Crippen LogP contribution is -2.05. The molecule has 2 aromatic rings. The van der Waals surface area contributed by atoms with Crippen LogP contribution in [0.25, 0.3) is 11.1 Å². The normalized spacial score (nSPS) is 10.9. The molecule has 0 saturated carbocycles. The van der Waals surface area contributed by atoms with Gasteiger partial charge in [-0.3, -0.25) is 0 Å². The molecule has 22 heavy (non-hydrogen) atoms. The van der Waals surface area contributed by atoms with E-state index in [0.717, 1.165) is 6.07 Å². The fourth-order valence-electron chi connectivity index (χ4n) is 1.91. The van der Waals surface area contributed by atoms with Crippen LogP contribution < -0.4 is 0 Å². The Bertz CT molecular complexity index is 826. The van der Waals surface area contributed by atoms with E-state index in [4.69, 9.17) is 10.5 Å². The van der Waals surface area contributed by atoms with Gasteiger partial charge in [0, 0.05) is 11.1 Å². The summed E-state index contributed by atoms with van der Waals surface area (Å²) in [6.07, 6.45) is -4.64. The van der Waals surface area contributed by atoms with Gasteiger partial charge in [-0.25, -0.2) is 8.78 Å². The molecule has 0 bridgehead atoms. The van der Waals surface area contributed by atoms with Crippen LogP contribution in [0.2, 0.25) is 0 Å². The Hall–Kier alpha value is -2.93. The zero-order valence-electron chi connectivity index (χ0n) is 10.7. The van der Waals surface area contributed by atoms with E-state index in [1.807, 2.05) is 0 Å². The van der Waals surface area contributed by atoms with Crippen molar-refractivity contribution in [3.8, 4) is 23.3 Å². The van der Waals surface area contributed by atoms with Crippen molar-refractivity contribution < 1.29 is 22.0 Å². The SMILES string of the molecule is N#Cc1cc(C(F)(F)F)ccc1-c1cc(F)c(F)cc1C#N. The first kappa shape index (κ1) is 15.5. The van der Waals surface area contributed by atoms with Crippen LogP contribution in [0.5, 0.6) is 0 Å². The lowest BCUT2D eigenvalue weighted by Gasteiger charge is -2.11. The summed E-state index contributed by atoms with van der Waals surface area (Å²) >= 11 is 0. The summed E-state index contributed by atoms with van der Waals surface area (Å²) in [4.78, 5) is 0. The summed E-state index contributed by atoms with van der Waals surface area (Å²) in [5.74, 6) is -2.52. The second-order valence-electron chi connectivity index (χ2n) is 4.29. The number of halogens is 5. The minimum Gasteiger partial charge on any atom is -0.204 e. The predicted octanol–water partition coefficient (Wildman–Crippen LogP) is 4.39. The maximum atomic E-state index is 13.3. The van der Waals surface area contributed by atoms with E-state index in [-0.39, 0.29) is 16.7 Å². The smallest absolute Gasteiger partial charge is 0.204 e. The van der Waals surface area contributed by atoms with Crippen LogP contribution in [0.1, 0.15) is 16.7 Å². The van der Waals surface area contributed by atoms with Crippen LogP contribution >= 0.6 is 0 Å². The molecule has 0 aromatic heterocycles. The molecule has 110 valence electrons. The Morgan fingerprint density at radius 1 is 0.773 bits per heavy atom. The second kappa shape index (κ2) is 5.45. The van der Waals surface area contributed by atoms with Crippen LogP contribution in [0.3, 0.4) is 0 Å². The molecule has 0 aliphatic heterocycles. The number of nitriles is 2. The lowest BCUT2D eigenvalue weighted by molar-refractivity contribution is -0.137. The molecule has 0 aliphatic rings. The van der Waals surface area contributed by atoms with Crippen LogP contribution in [0.4, 0.5) is 22.0 Å². The van der Waals surface area contributed by atoms with Gasteiger partial charge in [-0.2, -0.15) is 23.7 Å². The van der Waals surface area contributed by atoms with Crippen molar-refractivity contribution in [1.29, 1.82) is 10.5 Å². The van der Waals surface area contributed by atoms with Gasteiger partial charge in [-0.05, 0) is 24.3 Å². The summed E-state index contributed by atoms with van der Waals surface area (Å²) in [5, 5.41) is 17.9. The summed E-state index contributed by atoms with van der Waals surface area (Å²) < 4.78 is 64.4. The summed E-state index contributed by atoms with van der Waals surface area (Å²) in [6.45, 7) is 0. The summed E-state index contributed by atoms with van der Waals surface area (Å²) in [6, 6.07) is 6.75. The van der Waals surface area contributed by atoms with Gasteiger partial charge in [-0.15, -0.1) is 0 Å². The predicted molar refractivity (Wildman–Crippen MR) is 66.2 cm³/mol. The van der Waals surface area contributed by atoms with E-state index in [9.17, 15) is 22.0 Å². The number of hydrogen-bond acceptors (Lipinski definition) is 2. The number of nitrogens with zero attached hydrogens (tertiary/aromatic N) is 2. The molecule has 0 fully saturated rings. The molecule has 0 unspecified atom stereocenters. The molecule has 0 spiro atoms. The zero-order chi connectivity index (χ0) is 16.5. The standard InChI is InChI=1S/C15H5F5N2/c16-13-4-9(7-22)12(5-14(13)17)11-2-1-10(15(18,19)20)3-8(11)6-21/h1-5H. The number of rotatable bonds is 1. The first-order valence-electron chi connectivity index (χ1n) is 5.78. The maximum absolute atomic E-state index is 13.3. The van der Waals surface area contributed by atoms with Crippen molar-refractivity contribution in [1.82, 2.24) is 0 Å². The van der Waals surface area contributed by atoms with E-state index in [1.54, 1.807) is 12.1 Å². The molecule has 0 heterocycles. The average molecular weight is 308 g/mol. The van der Waals surface area contributed by atoms with Crippen molar-refractivity contribution in [2.45, 2.75) is 6.18 Å². The van der Waals surface area contributed by atoms with E-state index in [1.165, 1.54) is 0 Å². The maximum Gasteiger partial charge on any atom is 0.416 e. The molecule has 0 N–H and O–H groups in total. The van der Waals surface area contributed by atoms with Crippen LogP contribution in [-0.2, 0) is 6.18 Å². The first-order chi connectivity index (χ1) is 10.3. The first-order valence-corrected chi connectivity index (χ1v) is 5.78. The minimum absolute atomic E-state index is 0.0778. The summed E-state index contributed by atoms with van der Waals surface area (Å²) in [7, 11) is 0. The summed E-state index contributed by atoms with van der Waals surface area (Å²) in [5.41, 5.74) is -1.95. The molecule has 2 nitrogen and oxygen atoms in total. The van der Waals surface area contributed by atoms with Gasteiger partial charge in [0.1, 0.15) is 0 Å². The molecule has 0 radical (unpaired) electrons. The minimum atomic E-state index is -4.64. The Labute approximate surface area is 121 Å². The van der Waals surface area contributed by atoms with Crippen molar-refractivity contribution in [2.24, 2.45) is 0 Å². The van der Waals surface area contributed by atoms with E-state index < -0.39 is 28.9 Å². The number of alkyl halides is 3. The third kappa shape index (κ3) is 2.75. The van der Waals surface area contributed by atoms with Gasteiger partial charge in [0.15, 0.2) is 11.6 Å². The van der Waals surface area contributed by atoms with Crippen molar-refractivity contribution >= 4 is 0 Å². The quantitative estimate of drug-likeness (QED) is 0.733. The molecular formula is C15H5F5N2. The Balaban J connectivity index is 2.72. The molecule has 7 heteroatoms. The van der Waals surface area contributed by atoms with Crippen molar-refractivity contribution in [2.75, 3.05) is 0 Å². The van der Waals surface area contributed by atoms with E-state index in [0.29, 0.717) is 24.3 Å². The highest BCUT2D eigenvalue weighted by Gasteiger charge is 2.31.